The molecule has 6 heteroatoms. The van der Waals surface area contributed by atoms with Crippen molar-refractivity contribution in [1.82, 2.24) is 0 Å². The molecule has 0 aliphatic carbocycles. The van der Waals surface area contributed by atoms with Gasteiger partial charge in [0, 0.05) is 25.4 Å². The van der Waals surface area contributed by atoms with Gasteiger partial charge in [0.05, 0.1) is 22.4 Å². The summed E-state index contributed by atoms with van der Waals surface area (Å²) in [6.45, 7) is 4.03. The highest BCUT2D eigenvalue weighted by Gasteiger charge is 2.24. The average Bonchev–Trinajstić information content (AvgIpc) is 2.88. The zero-order chi connectivity index (χ0) is 14.7. The standard InChI is InChI=1S/C14H19ClN2O3/c1-2-17(8-10-4-3-5-20-10)13-11(14(18)19)6-9(16)7-12(13)15/h6-7,10H,2-5,8,16H2,1H3,(H,18,19). The Morgan fingerprint density at radius 3 is 2.90 bits per heavy atom. The molecule has 110 valence electrons. The Kier molecular flexibility index (Phi) is 4.73. The van der Waals surface area contributed by atoms with Crippen molar-refractivity contribution in [2.45, 2.75) is 25.9 Å². The van der Waals surface area contributed by atoms with Crippen LogP contribution in [0.15, 0.2) is 12.1 Å². The number of hydrogen-bond acceptors (Lipinski definition) is 4. The van der Waals surface area contributed by atoms with Crippen molar-refractivity contribution in [2.75, 3.05) is 30.3 Å². The summed E-state index contributed by atoms with van der Waals surface area (Å²) in [5.41, 5.74) is 6.69. The maximum absolute atomic E-state index is 11.4. The van der Waals surface area contributed by atoms with E-state index in [9.17, 15) is 9.90 Å². The molecule has 0 aromatic heterocycles. The maximum Gasteiger partial charge on any atom is 0.337 e. The van der Waals surface area contributed by atoms with Crippen LogP contribution in [0.3, 0.4) is 0 Å². The van der Waals surface area contributed by atoms with E-state index in [1.807, 2.05) is 11.8 Å². The fraction of sp³-hybridized carbons (Fsp3) is 0.500. The Hall–Kier alpha value is -1.46. The van der Waals surface area contributed by atoms with Crippen molar-refractivity contribution in [1.29, 1.82) is 0 Å². The van der Waals surface area contributed by atoms with Crippen molar-refractivity contribution in [2.24, 2.45) is 0 Å². The molecular formula is C14H19ClN2O3. The summed E-state index contributed by atoms with van der Waals surface area (Å²) < 4.78 is 5.61. The lowest BCUT2D eigenvalue weighted by atomic mass is 10.1. The van der Waals surface area contributed by atoms with Gasteiger partial charge in [0.25, 0.3) is 0 Å². The zero-order valence-corrected chi connectivity index (χ0v) is 12.2. The predicted molar refractivity (Wildman–Crippen MR) is 79.7 cm³/mol. The Morgan fingerprint density at radius 1 is 1.60 bits per heavy atom. The molecule has 1 aliphatic rings. The summed E-state index contributed by atoms with van der Waals surface area (Å²) in [6.07, 6.45) is 2.17. The number of nitrogens with two attached hydrogens (primary N) is 1. The minimum absolute atomic E-state index is 0.130. The van der Waals surface area contributed by atoms with Crippen molar-refractivity contribution in [3.05, 3.63) is 22.7 Å². The highest BCUT2D eigenvalue weighted by atomic mass is 35.5. The Bertz CT molecular complexity index is 501. The van der Waals surface area contributed by atoms with Crippen LogP contribution in [0, 0.1) is 0 Å². The van der Waals surface area contributed by atoms with Crippen LogP contribution >= 0.6 is 11.6 Å². The van der Waals surface area contributed by atoms with Crippen LogP contribution in [0.2, 0.25) is 5.02 Å². The number of carboxylic acids is 1. The molecule has 0 radical (unpaired) electrons. The minimum Gasteiger partial charge on any atom is -0.478 e. The average molecular weight is 299 g/mol. The van der Waals surface area contributed by atoms with Crippen LogP contribution in [0.4, 0.5) is 11.4 Å². The first kappa shape index (κ1) is 14.9. The van der Waals surface area contributed by atoms with Gasteiger partial charge < -0.3 is 20.5 Å². The number of likely N-dealkylation sites (N-methyl/N-ethyl adjacent to an activating group) is 1. The van der Waals surface area contributed by atoms with Gasteiger partial charge in [-0.15, -0.1) is 0 Å². The number of nitrogen functional groups attached to an aromatic ring is 1. The second-order valence-corrected chi connectivity index (χ2v) is 5.28. The lowest BCUT2D eigenvalue weighted by molar-refractivity contribution is 0.0697. The number of benzene rings is 1. The third-order valence-corrected chi connectivity index (χ3v) is 3.75. The van der Waals surface area contributed by atoms with E-state index in [0.29, 0.717) is 29.5 Å². The van der Waals surface area contributed by atoms with E-state index in [1.165, 1.54) is 6.07 Å². The summed E-state index contributed by atoms with van der Waals surface area (Å²) >= 11 is 6.21. The van der Waals surface area contributed by atoms with Crippen molar-refractivity contribution >= 4 is 28.9 Å². The molecule has 0 spiro atoms. The van der Waals surface area contributed by atoms with Gasteiger partial charge in [-0.3, -0.25) is 0 Å². The van der Waals surface area contributed by atoms with E-state index >= 15 is 0 Å². The van der Waals surface area contributed by atoms with E-state index in [1.54, 1.807) is 6.07 Å². The van der Waals surface area contributed by atoms with Gasteiger partial charge in [0.2, 0.25) is 0 Å². The molecule has 3 N–H and O–H groups in total. The Balaban J connectivity index is 2.34. The fourth-order valence-corrected chi connectivity index (χ4v) is 2.86. The first-order chi connectivity index (χ1) is 9.52. The summed E-state index contributed by atoms with van der Waals surface area (Å²) in [4.78, 5) is 13.4. The Labute approximate surface area is 123 Å². The van der Waals surface area contributed by atoms with E-state index in [4.69, 9.17) is 22.1 Å². The number of halogens is 1. The van der Waals surface area contributed by atoms with Gasteiger partial charge in [0.15, 0.2) is 0 Å². The SMILES string of the molecule is CCN(CC1CCCO1)c1c(Cl)cc(N)cc1C(=O)O. The quantitative estimate of drug-likeness (QED) is 0.817. The molecule has 1 saturated heterocycles. The summed E-state index contributed by atoms with van der Waals surface area (Å²) in [6, 6.07) is 3.03. The zero-order valence-electron chi connectivity index (χ0n) is 11.4. The van der Waals surface area contributed by atoms with Gasteiger partial charge in [0.1, 0.15) is 0 Å². The number of carboxylic acid groups (broad SMARTS) is 1. The molecule has 0 bridgehead atoms. The number of nitrogens with zero attached hydrogens (tertiary/aromatic N) is 1. The highest BCUT2D eigenvalue weighted by molar-refractivity contribution is 6.34. The van der Waals surface area contributed by atoms with E-state index < -0.39 is 5.97 Å². The molecule has 0 saturated carbocycles. The number of hydrogen-bond donors (Lipinski definition) is 2. The van der Waals surface area contributed by atoms with Gasteiger partial charge in [-0.2, -0.15) is 0 Å². The first-order valence-corrected chi connectivity index (χ1v) is 7.09. The number of aromatic carboxylic acids is 1. The molecule has 20 heavy (non-hydrogen) atoms. The summed E-state index contributed by atoms with van der Waals surface area (Å²) in [5, 5.41) is 9.71. The van der Waals surface area contributed by atoms with Crippen LogP contribution in [0.25, 0.3) is 0 Å². The molecule has 2 rings (SSSR count). The molecule has 5 nitrogen and oxygen atoms in total. The summed E-state index contributed by atoms with van der Waals surface area (Å²) in [5.74, 6) is -1.03. The molecule has 0 amide bonds. The van der Waals surface area contributed by atoms with Crippen molar-refractivity contribution in [3.8, 4) is 0 Å². The monoisotopic (exact) mass is 298 g/mol. The third-order valence-electron chi connectivity index (χ3n) is 3.46. The molecule has 1 aromatic carbocycles. The van der Waals surface area contributed by atoms with Gasteiger partial charge in [-0.1, -0.05) is 11.6 Å². The smallest absolute Gasteiger partial charge is 0.337 e. The maximum atomic E-state index is 11.4. The van der Waals surface area contributed by atoms with Crippen molar-refractivity contribution in [3.63, 3.8) is 0 Å². The van der Waals surface area contributed by atoms with Crippen LogP contribution in [-0.2, 0) is 4.74 Å². The number of carbonyl (C=O) groups is 1. The minimum atomic E-state index is -1.03. The van der Waals surface area contributed by atoms with Gasteiger partial charge in [-0.25, -0.2) is 4.79 Å². The normalized spacial score (nSPS) is 18.2. The largest absolute Gasteiger partial charge is 0.478 e. The number of anilines is 2. The first-order valence-electron chi connectivity index (χ1n) is 6.71. The van der Waals surface area contributed by atoms with Crippen LogP contribution in [0.1, 0.15) is 30.1 Å². The van der Waals surface area contributed by atoms with Crippen LogP contribution in [-0.4, -0.2) is 36.9 Å². The lowest BCUT2D eigenvalue weighted by Gasteiger charge is -2.28. The summed E-state index contributed by atoms with van der Waals surface area (Å²) in [7, 11) is 0. The van der Waals surface area contributed by atoms with Crippen molar-refractivity contribution < 1.29 is 14.6 Å². The molecule has 1 aromatic rings. The molecule has 1 heterocycles. The van der Waals surface area contributed by atoms with E-state index in [2.05, 4.69) is 0 Å². The highest BCUT2D eigenvalue weighted by Crippen LogP contribution is 2.33. The van der Waals surface area contributed by atoms with Crippen LogP contribution in [0.5, 0.6) is 0 Å². The molecule has 1 unspecified atom stereocenters. The second-order valence-electron chi connectivity index (χ2n) is 4.88. The van der Waals surface area contributed by atoms with Crippen LogP contribution < -0.4 is 10.6 Å². The third kappa shape index (κ3) is 3.16. The molecule has 1 fully saturated rings. The van der Waals surface area contributed by atoms with Gasteiger partial charge in [-0.05, 0) is 31.9 Å². The molecular weight excluding hydrogens is 280 g/mol. The number of ether oxygens (including phenoxy) is 1. The van der Waals surface area contributed by atoms with E-state index in [-0.39, 0.29) is 11.7 Å². The van der Waals surface area contributed by atoms with E-state index in [0.717, 1.165) is 19.4 Å². The molecule has 1 aliphatic heterocycles. The molecule has 1 atom stereocenters. The lowest BCUT2D eigenvalue weighted by Crippen LogP contribution is -2.33. The Morgan fingerprint density at radius 2 is 2.35 bits per heavy atom. The number of rotatable bonds is 5. The van der Waals surface area contributed by atoms with Gasteiger partial charge >= 0.3 is 5.97 Å². The topological polar surface area (TPSA) is 75.8 Å². The second kappa shape index (κ2) is 6.33. The predicted octanol–water partition coefficient (Wildman–Crippen LogP) is 2.63. The fourth-order valence-electron chi connectivity index (χ4n) is 2.52.